The van der Waals surface area contributed by atoms with E-state index in [0.29, 0.717) is 40.3 Å². The number of sulfonamides is 1. The zero-order valence-corrected chi connectivity index (χ0v) is 38.4. The molecule has 0 saturated heterocycles. The van der Waals surface area contributed by atoms with Gasteiger partial charge in [-0.15, -0.1) is 0 Å². The van der Waals surface area contributed by atoms with Gasteiger partial charge in [0.05, 0.1) is 24.3 Å². The van der Waals surface area contributed by atoms with E-state index >= 15 is 0 Å². The molecule has 0 saturated carbocycles. The Balaban J connectivity index is 0.000000283. The lowest BCUT2D eigenvalue weighted by atomic mass is 9.93. The van der Waals surface area contributed by atoms with Gasteiger partial charge in [-0.1, -0.05) is 41.4 Å². The molecular formula is C39H45Cl2F3N7O12PS. The van der Waals surface area contributed by atoms with E-state index < -0.39 is 65.3 Å². The Morgan fingerprint density at radius 3 is 2.23 bits per heavy atom. The van der Waals surface area contributed by atoms with Crippen molar-refractivity contribution < 1.29 is 69.6 Å². The van der Waals surface area contributed by atoms with Gasteiger partial charge < -0.3 is 25.2 Å². The number of carbonyl (C=O) groups excluding carboxylic acids is 4. The number of benzene rings is 2. The largest absolute Gasteiger partial charge is 0.480 e. The molecular weight excluding hydrogens is 949 g/mol. The van der Waals surface area contributed by atoms with Gasteiger partial charge in [0.15, 0.2) is 7.37 Å². The average Bonchev–Trinajstić information content (AvgIpc) is 3.48. The van der Waals surface area contributed by atoms with Crippen molar-refractivity contribution in [2.24, 2.45) is 5.73 Å². The lowest BCUT2D eigenvalue weighted by Crippen LogP contribution is -2.35. The molecule has 0 bridgehead atoms. The van der Waals surface area contributed by atoms with Crippen LogP contribution >= 0.6 is 30.6 Å². The molecule has 2 heterocycles. The number of hydrogen-bond acceptors (Lipinski definition) is 14. The summed E-state index contributed by atoms with van der Waals surface area (Å²) in [6, 6.07) is 7.52. The number of aromatic nitrogens is 3. The molecule has 0 radical (unpaired) electrons. The summed E-state index contributed by atoms with van der Waals surface area (Å²) in [7, 11) is -6.25. The molecule has 65 heavy (non-hydrogen) atoms. The number of esters is 1. The molecule has 2 aromatic carbocycles. The van der Waals surface area contributed by atoms with Crippen molar-refractivity contribution in [1.82, 2.24) is 19.7 Å². The van der Waals surface area contributed by atoms with Crippen LogP contribution < -0.4 is 25.4 Å². The van der Waals surface area contributed by atoms with Crippen molar-refractivity contribution in [2.75, 3.05) is 36.8 Å². The Bertz CT molecular complexity index is 2480. The first-order chi connectivity index (χ1) is 30.3. The molecule has 2 atom stereocenters. The van der Waals surface area contributed by atoms with Crippen LogP contribution in [-0.2, 0) is 44.9 Å². The predicted molar refractivity (Wildman–Crippen MR) is 232 cm³/mol. The van der Waals surface area contributed by atoms with Crippen LogP contribution in [0, 0.1) is 6.92 Å². The van der Waals surface area contributed by atoms with E-state index in [1.807, 2.05) is 0 Å². The van der Waals surface area contributed by atoms with Gasteiger partial charge in [0.1, 0.15) is 16.9 Å². The van der Waals surface area contributed by atoms with Gasteiger partial charge in [-0.25, -0.2) is 27.6 Å². The highest BCUT2D eigenvalue weighted by Gasteiger charge is 2.40. The molecule has 2 aliphatic rings. The molecule has 2 unspecified atom stereocenters. The summed E-state index contributed by atoms with van der Waals surface area (Å²) in [5.41, 5.74) is 7.06. The number of nitrogens with zero attached hydrogens (tertiary/aromatic N) is 4. The van der Waals surface area contributed by atoms with E-state index in [4.69, 9.17) is 48.4 Å². The number of aliphatic carboxylic acids is 1. The van der Waals surface area contributed by atoms with Crippen LogP contribution in [0.2, 0.25) is 5.02 Å². The number of urea groups is 1. The van der Waals surface area contributed by atoms with Gasteiger partial charge in [0, 0.05) is 35.4 Å². The number of aryl methyl sites for hydroxylation is 2. The maximum Gasteiger partial charge on any atom is 0.389 e. The minimum Gasteiger partial charge on any atom is -0.480 e. The number of nitrogens with one attached hydrogen (secondary N) is 2. The van der Waals surface area contributed by atoms with Crippen LogP contribution in [0.3, 0.4) is 0 Å². The molecule has 0 fully saturated rings. The number of halogens is 5. The van der Waals surface area contributed by atoms with Crippen molar-refractivity contribution in [3.8, 4) is 6.01 Å². The Morgan fingerprint density at radius 1 is 1.06 bits per heavy atom. The quantitative estimate of drug-likeness (QED) is 0.0527. The zero-order chi connectivity index (χ0) is 48.9. The van der Waals surface area contributed by atoms with Crippen LogP contribution in [0.15, 0.2) is 63.5 Å². The van der Waals surface area contributed by atoms with Crippen LogP contribution in [0.5, 0.6) is 6.01 Å². The van der Waals surface area contributed by atoms with Gasteiger partial charge in [-0.3, -0.25) is 24.3 Å². The topological polar surface area (TPSA) is 287 Å². The number of carboxylic acid groups (broad SMARTS) is 1. The molecule has 5 rings (SSSR count). The highest BCUT2D eigenvalue weighted by Crippen LogP contribution is 2.37. The first-order valence-corrected chi connectivity index (χ1v) is 23.8. The van der Waals surface area contributed by atoms with E-state index in [1.54, 1.807) is 29.8 Å². The number of imide groups is 1. The minimum absolute atomic E-state index is 0.0412. The summed E-state index contributed by atoms with van der Waals surface area (Å²) in [5, 5.41) is 10.6. The van der Waals surface area contributed by atoms with Gasteiger partial charge in [-0.05, 0) is 93.8 Å². The zero-order valence-electron chi connectivity index (χ0n) is 35.1. The Morgan fingerprint density at radius 2 is 1.68 bits per heavy atom. The summed E-state index contributed by atoms with van der Waals surface area (Å²) >= 11 is 12.1. The standard InChI is InChI=1S/C19H17Cl2NO4.C15H16F3N5O4S.C5H12NO4P/c1-2-26-19(25)16(21)10-11-9-12(7-8-15(11)20)22-17(23)13-5-3-4-6-14(13)18(22)24;1-9-19-12(22-14(20-9)27-2)21-13(24)23-28(25,26)11-6-4-3-5-10(11)7-8-15(16,17)18;1-11(9,10)3-2-4(6)5(7)8/h7-10H,2-6H2,1H3;3-6H,7-8H2,1-2H3,(H2,19,20,21,22,23,24);4H,2-3,6H2,1H3,(H,7,8)(H,9,10)/b16-10-;;. The number of ether oxygens (including phenoxy) is 2. The summed E-state index contributed by atoms with van der Waals surface area (Å²) < 4.78 is 84.3. The number of rotatable bonds is 14. The summed E-state index contributed by atoms with van der Waals surface area (Å²) in [4.78, 5) is 80.0. The fourth-order valence-corrected chi connectivity index (χ4v) is 8.09. The van der Waals surface area contributed by atoms with Gasteiger partial charge >= 0.3 is 30.2 Å². The first kappa shape index (κ1) is 53.9. The average molecular weight is 995 g/mol. The van der Waals surface area contributed by atoms with Crippen molar-refractivity contribution in [2.45, 2.75) is 75.9 Å². The Hall–Kier alpha value is -5.45. The molecule has 26 heteroatoms. The van der Waals surface area contributed by atoms with Crippen LogP contribution in [0.4, 0.5) is 29.6 Å². The molecule has 354 valence electrons. The monoisotopic (exact) mass is 993 g/mol. The lowest BCUT2D eigenvalue weighted by Gasteiger charge is -2.16. The van der Waals surface area contributed by atoms with E-state index in [-0.39, 0.29) is 59.4 Å². The second kappa shape index (κ2) is 23.7. The molecule has 4 amide bonds. The molecule has 1 aromatic heterocycles. The normalized spacial score (nSPS) is 15.3. The summed E-state index contributed by atoms with van der Waals surface area (Å²) in [6.07, 6.45) is -1.75. The number of carboxylic acids is 1. The predicted octanol–water partition coefficient (Wildman–Crippen LogP) is 6.11. The van der Waals surface area contributed by atoms with Crippen molar-refractivity contribution in [3.63, 3.8) is 0 Å². The summed E-state index contributed by atoms with van der Waals surface area (Å²) in [5.74, 6) is -2.42. The number of alkyl halides is 3. The third-order valence-electron chi connectivity index (χ3n) is 8.85. The van der Waals surface area contributed by atoms with Crippen LogP contribution in [0.25, 0.3) is 6.08 Å². The summed E-state index contributed by atoms with van der Waals surface area (Å²) in [6.45, 7) is 4.56. The van der Waals surface area contributed by atoms with Gasteiger partial charge in [0.2, 0.25) is 5.95 Å². The Labute approximate surface area is 381 Å². The first-order valence-electron chi connectivity index (χ1n) is 19.2. The molecule has 1 aliphatic heterocycles. The highest BCUT2D eigenvalue weighted by molar-refractivity contribution is 7.90. The van der Waals surface area contributed by atoms with E-state index in [2.05, 4.69) is 20.3 Å². The molecule has 6 N–H and O–H groups in total. The second-order valence-corrected chi connectivity index (χ2v) is 19.0. The van der Waals surface area contributed by atoms with Gasteiger partial charge in [0.25, 0.3) is 21.8 Å². The lowest BCUT2D eigenvalue weighted by molar-refractivity contribution is -0.139. The van der Waals surface area contributed by atoms with Crippen LogP contribution in [0.1, 0.15) is 62.4 Å². The SMILES string of the molecule is CCOC(=O)/C(Cl)=C/c1cc(N2C(=O)C3=C(CCCC3)C2=O)ccc1Cl.COc1nc(C)nc(NC(=O)NS(=O)(=O)c2ccccc2CCC(F)(F)F)n1.CP(=O)(O)CCC(N)C(=O)O. The number of methoxy groups -OCH3 is 1. The van der Waals surface area contributed by atoms with E-state index in [1.165, 1.54) is 49.9 Å². The van der Waals surface area contributed by atoms with E-state index in [0.717, 1.165) is 18.9 Å². The van der Waals surface area contributed by atoms with Gasteiger partial charge in [-0.2, -0.15) is 28.1 Å². The second-order valence-electron chi connectivity index (χ2n) is 14.0. The van der Waals surface area contributed by atoms with Crippen molar-refractivity contribution >= 4 is 88.1 Å². The fourth-order valence-electron chi connectivity index (χ4n) is 5.81. The third-order valence-corrected chi connectivity index (χ3v) is 12.0. The fraction of sp³-hybridized carbons (Fsp3) is 0.385. The molecule has 1 aliphatic carbocycles. The smallest absolute Gasteiger partial charge is 0.389 e. The molecule has 3 aromatic rings. The Kier molecular flexibility index (Phi) is 19.6. The number of anilines is 2. The highest BCUT2D eigenvalue weighted by atomic mass is 35.5. The van der Waals surface area contributed by atoms with E-state index in [9.17, 15) is 50.1 Å². The molecule has 0 spiro atoms. The number of amides is 4. The third kappa shape index (κ3) is 16.8. The van der Waals surface area contributed by atoms with Crippen molar-refractivity contribution in [1.29, 1.82) is 0 Å². The number of carbonyl (C=O) groups is 5. The number of hydrogen-bond donors (Lipinski definition) is 5. The maximum absolute atomic E-state index is 12.7. The van der Waals surface area contributed by atoms with Crippen LogP contribution in [-0.4, -0.2) is 102 Å². The maximum atomic E-state index is 12.7. The number of nitrogens with two attached hydrogens (primary N) is 1. The van der Waals surface area contributed by atoms with Crippen molar-refractivity contribution in [3.05, 3.63) is 80.6 Å². The minimum atomic E-state index is -4.45. The molecule has 19 nitrogen and oxygen atoms in total.